The molecule has 0 spiro atoms. The molecule has 3 heteroatoms. The number of hydrogen-bond donors (Lipinski definition) is 0. The molecule has 0 bridgehead atoms. The predicted octanol–water partition coefficient (Wildman–Crippen LogP) is 7.67. The first-order valence-electron chi connectivity index (χ1n) is 13.6. The minimum Gasteiger partial charge on any atom is -0.0622 e. The molecule has 0 unspecified atom stereocenters. The van der Waals surface area contributed by atoms with E-state index < -0.39 is 23.8 Å². The zero-order chi connectivity index (χ0) is 27.0. The molecule has 0 amide bonds. The van der Waals surface area contributed by atoms with Crippen LogP contribution in [0.3, 0.4) is 0 Å². The Labute approximate surface area is 242 Å². The standard InChI is InChI=1S/C37H31P3/c1-7-19-31(20-8-1)38(32-21-9-2-10-22-32)37(39(33-23-11-3-12-24-33)34-25-13-4-14-26-34)40(35-27-15-5-16-28-35)36-29-17-6-18-30-36/h1-30,37H. The first kappa shape index (κ1) is 26.8. The molecule has 0 fully saturated rings. The van der Waals surface area contributed by atoms with Crippen molar-refractivity contribution >= 4 is 55.6 Å². The number of benzene rings is 6. The summed E-state index contributed by atoms with van der Waals surface area (Å²) < 4.78 is 0. The van der Waals surface area contributed by atoms with E-state index in [0.717, 1.165) is 0 Å². The van der Waals surface area contributed by atoms with E-state index in [4.69, 9.17) is 0 Å². The topological polar surface area (TPSA) is 0 Å². The van der Waals surface area contributed by atoms with Crippen molar-refractivity contribution in [2.24, 2.45) is 0 Å². The van der Waals surface area contributed by atoms with Crippen molar-refractivity contribution in [3.05, 3.63) is 182 Å². The van der Waals surface area contributed by atoms with E-state index in [1.807, 2.05) is 0 Å². The highest BCUT2D eigenvalue weighted by Crippen LogP contribution is 2.68. The molecule has 0 nitrogen and oxygen atoms in total. The zero-order valence-corrected chi connectivity index (χ0v) is 24.9. The fraction of sp³-hybridized carbons (Fsp3) is 0.0270. The molecular weight excluding hydrogens is 537 g/mol. The minimum absolute atomic E-state index is 0.374. The van der Waals surface area contributed by atoms with E-state index in [1.165, 1.54) is 31.8 Å². The van der Waals surface area contributed by atoms with Gasteiger partial charge in [-0.1, -0.05) is 182 Å². The van der Waals surface area contributed by atoms with Crippen LogP contribution in [-0.4, -0.2) is 5.14 Å². The molecule has 6 aromatic carbocycles. The molecule has 6 rings (SSSR count). The third-order valence-electron chi connectivity index (χ3n) is 6.90. The van der Waals surface area contributed by atoms with Crippen LogP contribution < -0.4 is 31.8 Å². The summed E-state index contributed by atoms with van der Waals surface area (Å²) in [5, 5.41) is 9.00. The maximum absolute atomic E-state index is 2.36. The van der Waals surface area contributed by atoms with Crippen molar-refractivity contribution in [3.8, 4) is 0 Å². The smallest absolute Gasteiger partial charge is 0.0436 e. The lowest BCUT2D eigenvalue weighted by atomic mass is 10.4. The monoisotopic (exact) mass is 568 g/mol. The minimum atomic E-state index is -0.730. The second kappa shape index (κ2) is 13.3. The summed E-state index contributed by atoms with van der Waals surface area (Å²) in [7, 11) is -2.19. The maximum atomic E-state index is 2.36. The van der Waals surface area contributed by atoms with Gasteiger partial charge in [-0.2, -0.15) is 0 Å². The lowest BCUT2D eigenvalue weighted by Gasteiger charge is -2.41. The van der Waals surface area contributed by atoms with E-state index in [1.54, 1.807) is 0 Å². The van der Waals surface area contributed by atoms with Crippen LogP contribution in [0.1, 0.15) is 0 Å². The van der Waals surface area contributed by atoms with Gasteiger partial charge in [0.25, 0.3) is 0 Å². The fourth-order valence-electron chi connectivity index (χ4n) is 5.13. The molecule has 0 atom stereocenters. The molecule has 0 radical (unpaired) electrons. The van der Waals surface area contributed by atoms with Crippen molar-refractivity contribution in [3.63, 3.8) is 0 Å². The lowest BCUT2D eigenvalue weighted by Crippen LogP contribution is -2.31. The molecule has 0 aliphatic rings. The Hall–Kier alpha value is -3.39. The first-order valence-corrected chi connectivity index (χ1v) is 17.8. The maximum Gasteiger partial charge on any atom is 0.0436 e. The van der Waals surface area contributed by atoms with Crippen LogP contribution in [0.15, 0.2) is 182 Å². The molecule has 0 aromatic heterocycles. The SMILES string of the molecule is c1ccc(P(c2ccccc2)C(P(c2ccccc2)c2ccccc2)P(c2ccccc2)c2ccccc2)cc1. The third kappa shape index (κ3) is 6.02. The number of rotatable bonds is 9. The van der Waals surface area contributed by atoms with E-state index in [-0.39, 0.29) is 0 Å². The summed E-state index contributed by atoms with van der Waals surface area (Å²) in [6, 6.07) is 67.7. The summed E-state index contributed by atoms with van der Waals surface area (Å²) in [6.07, 6.45) is 0. The Morgan fingerprint density at radius 1 is 0.225 bits per heavy atom. The van der Waals surface area contributed by atoms with Crippen LogP contribution in [0.25, 0.3) is 0 Å². The van der Waals surface area contributed by atoms with Crippen LogP contribution in [0.4, 0.5) is 0 Å². The third-order valence-corrected chi connectivity index (χ3v) is 17.6. The number of hydrogen-bond acceptors (Lipinski definition) is 0. The quantitative estimate of drug-likeness (QED) is 0.157. The van der Waals surface area contributed by atoms with Crippen LogP contribution in [-0.2, 0) is 0 Å². The zero-order valence-electron chi connectivity index (χ0n) is 22.2. The highest BCUT2D eigenvalue weighted by Gasteiger charge is 2.40. The van der Waals surface area contributed by atoms with Crippen molar-refractivity contribution in [1.82, 2.24) is 0 Å². The molecule has 0 N–H and O–H groups in total. The van der Waals surface area contributed by atoms with E-state index in [9.17, 15) is 0 Å². The molecule has 6 aromatic rings. The summed E-state index contributed by atoms with van der Waals surface area (Å²) in [6.45, 7) is 0. The Bertz CT molecular complexity index is 1260. The van der Waals surface area contributed by atoms with Crippen LogP contribution in [0, 0.1) is 0 Å². The van der Waals surface area contributed by atoms with Crippen molar-refractivity contribution in [2.45, 2.75) is 5.14 Å². The van der Waals surface area contributed by atoms with Gasteiger partial charge in [0.1, 0.15) is 0 Å². The van der Waals surface area contributed by atoms with Crippen LogP contribution >= 0.6 is 23.8 Å². The first-order chi connectivity index (χ1) is 19.9. The molecule has 0 aliphatic carbocycles. The summed E-state index contributed by atoms with van der Waals surface area (Å²) in [5.74, 6) is 0. The second-order valence-corrected chi connectivity index (χ2v) is 17.6. The average molecular weight is 569 g/mol. The fourth-order valence-corrected chi connectivity index (χ4v) is 18.2. The van der Waals surface area contributed by atoms with Crippen molar-refractivity contribution < 1.29 is 0 Å². The Morgan fingerprint density at radius 2 is 0.375 bits per heavy atom. The lowest BCUT2D eigenvalue weighted by molar-refractivity contribution is 1.69. The van der Waals surface area contributed by atoms with Gasteiger partial charge in [0.05, 0.1) is 0 Å². The molecular formula is C37H31P3. The molecule has 194 valence electrons. The van der Waals surface area contributed by atoms with Crippen molar-refractivity contribution in [2.75, 3.05) is 0 Å². The predicted molar refractivity (Wildman–Crippen MR) is 181 cm³/mol. The second-order valence-electron chi connectivity index (χ2n) is 9.47. The van der Waals surface area contributed by atoms with Crippen LogP contribution in [0.5, 0.6) is 0 Å². The van der Waals surface area contributed by atoms with Gasteiger partial charge >= 0.3 is 0 Å². The van der Waals surface area contributed by atoms with E-state index in [2.05, 4.69) is 182 Å². The highest BCUT2D eigenvalue weighted by atomic mass is 31.2. The highest BCUT2D eigenvalue weighted by molar-refractivity contribution is 8.03. The Balaban J connectivity index is 1.69. The van der Waals surface area contributed by atoms with E-state index in [0.29, 0.717) is 5.14 Å². The van der Waals surface area contributed by atoms with Gasteiger partial charge in [0, 0.05) is 5.14 Å². The molecule has 0 saturated carbocycles. The molecule has 0 heterocycles. The van der Waals surface area contributed by atoms with Gasteiger partial charge in [-0.3, -0.25) is 0 Å². The van der Waals surface area contributed by atoms with Gasteiger partial charge in [0.2, 0.25) is 0 Å². The van der Waals surface area contributed by atoms with Gasteiger partial charge in [0.15, 0.2) is 0 Å². The van der Waals surface area contributed by atoms with Gasteiger partial charge in [-0.25, -0.2) is 0 Å². The summed E-state index contributed by atoms with van der Waals surface area (Å²) in [5.41, 5.74) is 0. The van der Waals surface area contributed by atoms with Crippen molar-refractivity contribution in [1.29, 1.82) is 0 Å². The average Bonchev–Trinajstić information content (AvgIpc) is 3.04. The van der Waals surface area contributed by atoms with Gasteiger partial charge in [-0.15, -0.1) is 0 Å². The summed E-state index contributed by atoms with van der Waals surface area (Å²) >= 11 is 0. The van der Waals surface area contributed by atoms with Gasteiger partial charge < -0.3 is 0 Å². The van der Waals surface area contributed by atoms with Crippen LogP contribution in [0.2, 0.25) is 0 Å². The Morgan fingerprint density at radius 3 is 0.525 bits per heavy atom. The van der Waals surface area contributed by atoms with E-state index >= 15 is 0 Å². The van der Waals surface area contributed by atoms with Gasteiger partial charge in [-0.05, 0) is 55.6 Å². The molecule has 0 aliphatic heterocycles. The summed E-state index contributed by atoms with van der Waals surface area (Å²) in [4.78, 5) is 0. The Kier molecular flexibility index (Phi) is 8.92. The normalized spacial score (nSPS) is 11.4. The molecule has 40 heavy (non-hydrogen) atoms. The largest absolute Gasteiger partial charge is 0.0622 e. The molecule has 0 saturated heterocycles.